The Morgan fingerprint density at radius 3 is 2.05 bits per heavy atom. The van der Waals surface area contributed by atoms with Crippen LogP contribution >= 0.6 is 0 Å². The van der Waals surface area contributed by atoms with Crippen LogP contribution in [0.1, 0.15) is 23.7 Å². The van der Waals surface area contributed by atoms with E-state index in [1.807, 2.05) is 0 Å². The minimum absolute atomic E-state index is 0.249. The first-order valence-corrected chi connectivity index (χ1v) is 7.19. The highest BCUT2D eigenvalue weighted by atomic mass is 32.2. The van der Waals surface area contributed by atoms with Gasteiger partial charge in [0.15, 0.2) is 5.78 Å². The van der Waals surface area contributed by atoms with E-state index in [9.17, 15) is 22.8 Å². The van der Waals surface area contributed by atoms with Gasteiger partial charge in [-0.15, -0.1) is 0 Å². The first kappa shape index (κ1) is 16.8. The van der Waals surface area contributed by atoms with Crippen LogP contribution in [0.25, 0.3) is 0 Å². The summed E-state index contributed by atoms with van der Waals surface area (Å²) in [4.78, 5) is 32.2. The zero-order chi connectivity index (χ0) is 16.2. The number of hydrogen-bond acceptors (Lipinski definition) is 5. The lowest BCUT2D eigenvalue weighted by Crippen LogP contribution is -2.42. The molecule has 1 aromatic rings. The van der Waals surface area contributed by atoms with Crippen molar-refractivity contribution >= 4 is 27.7 Å². The highest BCUT2D eigenvalue weighted by molar-refractivity contribution is 7.89. The van der Waals surface area contributed by atoms with Gasteiger partial charge in [-0.2, -0.15) is 4.72 Å². The van der Waals surface area contributed by atoms with Gasteiger partial charge in [0, 0.05) is 5.56 Å². The van der Waals surface area contributed by atoms with E-state index in [-0.39, 0.29) is 10.7 Å². The fraction of sp³-hybridized carbons (Fsp3) is 0.250. The molecule has 21 heavy (non-hydrogen) atoms. The predicted molar refractivity (Wildman–Crippen MR) is 70.4 cm³/mol. The molecule has 0 spiro atoms. The molecule has 1 rings (SSSR count). The molecule has 0 bridgehead atoms. The summed E-state index contributed by atoms with van der Waals surface area (Å²) in [5.74, 6) is -3.29. The zero-order valence-electron chi connectivity index (χ0n) is 10.9. The molecule has 0 aliphatic rings. The molecule has 9 heteroatoms. The quantitative estimate of drug-likeness (QED) is 0.606. The molecule has 0 aliphatic carbocycles. The second-order valence-electron chi connectivity index (χ2n) is 4.19. The van der Waals surface area contributed by atoms with Crippen molar-refractivity contribution in [2.75, 3.05) is 0 Å². The standard InChI is InChI=1S/C12H13NO7S/c1-7(14)8-2-4-9(5-3-8)21(19,20)13-10(12(17)18)6-11(15)16/h2-5,10,13H,6H2,1H3,(H,15,16)(H,17,18). The maximum Gasteiger partial charge on any atom is 0.322 e. The third-order valence-electron chi connectivity index (χ3n) is 2.55. The molecule has 0 radical (unpaired) electrons. The number of carbonyl (C=O) groups excluding carboxylic acids is 1. The Kier molecular flexibility index (Phi) is 5.17. The Morgan fingerprint density at radius 1 is 1.14 bits per heavy atom. The summed E-state index contributed by atoms with van der Waals surface area (Å²) >= 11 is 0. The van der Waals surface area contributed by atoms with Gasteiger partial charge >= 0.3 is 11.9 Å². The molecule has 0 aliphatic heterocycles. The average Bonchev–Trinajstić information content (AvgIpc) is 2.37. The largest absolute Gasteiger partial charge is 0.481 e. The van der Waals surface area contributed by atoms with Crippen LogP contribution in [0, 0.1) is 0 Å². The molecular formula is C12H13NO7S. The Labute approximate surface area is 120 Å². The monoisotopic (exact) mass is 315 g/mol. The summed E-state index contributed by atoms with van der Waals surface area (Å²) in [6, 6.07) is 3.06. The summed E-state index contributed by atoms with van der Waals surface area (Å²) < 4.78 is 25.7. The lowest BCUT2D eigenvalue weighted by molar-refractivity contribution is -0.145. The van der Waals surface area contributed by atoms with Crippen molar-refractivity contribution in [2.24, 2.45) is 0 Å². The van der Waals surface area contributed by atoms with Crippen molar-refractivity contribution < 1.29 is 33.0 Å². The van der Waals surface area contributed by atoms with Gasteiger partial charge in [-0.25, -0.2) is 8.42 Å². The Morgan fingerprint density at radius 2 is 1.67 bits per heavy atom. The summed E-state index contributed by atoms with van der Waals surface area (Å²) in [6.07, 6.45) is -0.889. The molecule has 1 atom stereocenters. The van der Waals surface area contributed by atoms with E-state index in [1.165, 1.54) is 19.1 Å². The maximum atomic E-state index is 12.0. The van der Waals surface area contributed by atoms with Gasteiger partial charge in [0.05, 0.1) is 11.3 Å². The fourth-order valence-corrected chi connectivity index (χ4v) is 2.67. The summed E-state index contributed by atoms with van der Waals surface area (Å²) in [6.45, 7) is 1.31. The van der Waals surface area contributed by atoms with Crippen molar-refractivity contribution in [3.05, 3.63) is 29.8 Å². The van der Waals surface area contributed by atoms with E-state index < -0.39 is 34.4 Å². The Bertz CT molecular complexity index is 663. The first-order chi connectivity index (χ1) is 9.63. The summed E-state index contributed by atoms with van der Waals surface area (Å²) in [5.41, 5.74) is 0.300. The van der Waals surface area contributed by atoms with Gasteiger partial charge in [-0.05, 0) is 19.1 Å². The van der Waals surface area contributed by atoms with Gasteiger partial charge in [0.25, 0.3) is 0 Å². The molecular weight excluding hydrogens is 302 g/mol. The van der Waals surface area contributed by atoms with Gasteiger partial charge in [0.2, 0.25) is 10.0 Å². The second kappa shape index (κ2) is 6.46. The molecule has 114 valence electrons. The summed E-state index contributed by atoms with van der Waals surface area (Å²) in [5, 5.41) is 17.4. The van der Waals surface area contributed by atoms with E-state index in [4.69, 9.17) is 10.2 Å². The average molecular weight is 315 g/mol. The van der Waals surface area contributed by atoms with Crippen LogP contribution < -0.4 is 4.72 Å². The molecule has 3 N–H and O–H groups in total. The van der Waals surface area contributed by atoms with Crippen molar-refractivity contribution in [1.29, 1.82) is 0 Å². The number of benzene rings is 1. The Balaban J connectivity index is 3.01. The van der Waals surface area contributed by atoms with Crippen LogP contribution in [-0.2, 0) is 19.6 Å². The van der Waals surface area contributed by atoms with Gasteiger partial charge in [0.1, 0.15) is 6.04 Å². The smallest absolute Gasteiger partial charge is 0.322 e. The number of carboxylic acid groups (broad SMARTS) is 2. The predicted octanol–water partition coefficient (Wildman–Crippen LogP) is 0.0954. The normalized spacial score (nSPS) is 12.6. The summed E-state index contributed by atoms with van der Waals surface area (Å²) in [7, 11) is -4.20. The molecule has 0 aromatic heterocycles. The number of carbonyl (C=O) groups is 3. The molecule has 0 saturated carbocycles. The van der Waals surface area contributed by atoms with Crippen molar-refractivity contribution in [3.8, 4) is 0 Å². The third-order valence-corrected chi connectivity index (χ3v) is 4.03. The minimum atomic E-state index is -4.20. The lowest BCUT2D eigenvalue weighted by atomic mass is 10.2. The minimum Gasteiger partial charge on any atom is -0.481 e. The van der Waals surface area contributed by atoms with Gasteiger partial charge < -0.3 is 10.2 Å². The number of carboxylic acids is 2. The number of hydrogen-bond donors (Lipinski definition) is 3. The van der Waals surface area contributed by atoms with Crippen molar-refractivity contribution in [1.82, 2.24) is 4.72 Å². The molecule has 0 amide bonds. The molecule has 0 fully saturated rings. The van der Waals surface area contributed by atoms with Crippen LogP contribution in [0.5, 0.6) is 0 Å². The van der Waals surface area contributed by atoms with Crippen molar-refractivity contribution in [3.63, 3.8) is 0 Å². The number of rotatable bonds is 7. The number of sulfonamides is 1. The van der Waals surface area contributed by atoms with E-state index in [1.54, 1.807) is 4.72 Å². The number of aliphatic carboxylic acids is 2. The number of Topliss-reactive ketones (excluding diaryl/α,β-unsaturated/α-hetero) is 1. The molecule has 1 unspecified atom stereocenters. The van der Waals surface area contributed by atoms with Crippen LogP contribution in [0.2, 0.25) is 0 Å². The lowest BCUT2D eigenvalue weighted by Gasteiger charge is -2.13. The topological polar surface area (TPSA) is 138 Å². The van der Waals surface area contributed by atoms with Crippen LogP contribution in [0.3, 0.4) is 0 Å². The van der Waals surface area contributed by atoms with Gasteiger partial charge in [-0.1, -0.05) is 12.1 Å². The fourth-order valence-electron chi connectivity index (χ4n) is 1.48. The third kappa shape index (κ3) is 4.65. The van der Waals surface area contributed by atoms with Crippen LogP contribution in [0.15, 0.2) is 29.2 Å². The molecule has 1 aromatic carbocycles. The van der Waals surface area contributed by atoms with Gasteiger partial charge in [-0.3, -0.25) is 14.4 Å². The van der Waals surface area contributed by atoms with Crippen LogP contribution in [0.4, 0.5) is 0 Å². The van der Waals surface area contributed by atoms with Crippen LogP contribution in [-0.4, -0.2) is 42.4 Å². The Hall–Kier alpha value is -2.26. The SMILES string of the molecule is CC(=O)c1ccc(S(=O)(=O)NC(CC(=O)O)C(=O)O)cc1. The highest BCUT2D eigenvalue weighted by Gasteiger charge is 2.27. The molecule has 0 saturated heterocycles. The molecule has 8 nitrogen and oxygen atoms in total. The van der Waals surface area contributed by atoms with E-state index >= 15 is 0 Å². The second-order valence-corrected chi connectivity index (χ2v) is 5.90. The first-order valence-electron chi connectivity index (χ1n) is 5.71. The van der Waals surface area contributed by atoms with E-state index in [2.05, 4.69) is 0 Å². The highest BCUT2D eigenvalue weighted by Crippen LogP contribution is 2.12. The number of nitrogens with one attached hydrogen (secondary N) is 1. The van der Waals surface area contributed by atoms with E-state index in [0.717, 1.165) is 12.1 Å². The number of ketones is 1. The molecule has 0 heterocycles. The van der Waals surface area contributed by atoms with Crippen molar-refractivity contribution in [2.45, 2.75) is 24.3 Å². The maximum absolute atomic E-state index is 12.0. The van der Waals surface area contributed by atoms with E-state index in [0.29, 0.717) is 5.56 Å². The zero-order valence-corrected chi connectivity index (χ0v) is 11.8.